The van der Waals surface area contributed by atoms with Crippen molar-refractivity contribution in [3.8, 4) is 0 Å². The van der Waals surface area contributed by atoms with Gasteiger partial charge in [0.1, 0.15) is 0 Å². The van der Waals surface area contributed by atoms with Crippen molar-refractivity contribution in [3.63, 3.8) is 0 Å². The summed E-state index contributed by atoms with van der Waals surface area (Å²) in [5.74, 6) is 0.707. The Morgan fingerprint density at radius 1 is 1.45 bits per heavy atom. The SMILES string of the molecule is CCC(O)CC1CCOCC1. The Labute approximate surface area is 68.6 Å². The fourth-order valence-corrected chi connectivity index (χ4v) is 1.53. The second-order valence-corrected chi connectivity index (χ2v) is 3.35. The molecule has 0 amide bonds. The lowest BCUT2D eigenvalue weighted by molar-refractivity contribution is 0.0431. The molecular weight excluding hydrogens is 140 g/mol. The average Bonchev–Trinajstić information content (AvgIpc) is 2.06. The van der Waals surface area contributed by atoms with Gasteiger partial charge in [-0.3, -0.25) is 0 Å². The summed E-state index contributed by atoms with van der Waals surface area (Å²) in [5, 5.41) is 9.37. The molecule has 0 bridgehead atoms. The van der Waals surface area contributed by atoms with Gasteiger partial charge < -0.3 is 9.84 Å². The fourth-order valence-electron chi connectivity index (χ4n) is 1.53. The van der Waals surface area contributed by atoms with Gasteiger partial charge in [-0.15, -0.1) is 0 Å². The van der Waals surface area contributed by atoms with Crippen molar-refractivity contribution in [2.45, 2.75) is 38.7 Å². The smallest absolute Gasteiger partial charge is 0.0540 e. The fraction of sp³-hybridized carbons (Fsp3) is 1.00. The summed E-state index contributed by atoms with van der Waals surface area (Å²) in [6.07, 6.45) is 4.05. The topological polar surface area (TPSA) is 29.5 Å². The van der Waals surface area contributed by atoms with E-state index < -0.39 is 0 Å². The van der Waals surface area contributed by atoms with E-state index in [1.807, 2.05) is 6.92 Å². The Hall–Kier alpha value is -0.0800. The quantitative estimate of drug-likeness (QED) is 0.675. The van der Waals surface area contributed by atoms with Crippen LogP contribution in [0.4, 0.5) is 0 Å². The zero-order chi connectivity index (χ0) is 8.10. The molecule has 0 aromatic carbocycles. The van der Waals surface area contributed by atoms with E-state index in [1.165, 1.54) is 0 Å². The Kier molecular flexibility index (Phi) is 3.87. The van der Waals surface area contributed by atoms with Gasteiger partial charge in [-0.1, -0.05) is 6.92 Å². The molecule has 1 N–H and O–H groups in total. The first-order chi connectivity index (χ1) is 5.33. The van der Waals surface area contributed by atoms with Crippen molar-refractivity contribution in [1.29, 1.82) is 0 Å². The van der Waals surface area contributed by atoms with Crippen LogP contribution in [0.5, 0.6) is 0 Å². The van der Waals surface area contributed by atoms with Crippen molar-refractivity contribution in [2.75, 3.05) is 13.2 Å². The van der Waals surface area contributed by atoms with Crippen molar-refractivity contribution in [1.82, 2.24) is 0 Å². The van der Waals surface area contributed by atoms with Gasteiger partial charge in [-0.05, 0) is 31.6 Å². The molecule has 0 aliphatic carbocycles. The van der Waals surface area contributed by atoms with Crippen molar-refractivity contribution < 1.29 is 9.84 Å². The highest BCUT2D eigenvalue weighted by molar-refractivity contribution is 4.67. The monoisotopic (exact) mass is 158 g/mol. The average molecular weight is 158 g/mol. The molecule has 1 aliphatic rings. The molecule has 0 saturated carbocycles. The highest BCUT2D eigenvalue weighted by Gasteiger charge is 2.16. The van der Waals surface area contributed by atoms with Crippen LogP contribution in [0.2, 0.25) is 0 Å². The first kappa shape index (κ1) is 9.01. The van der Waals surface area contributed by atoms with Crippen molar-refractivity contribution >= 4 is 0 Å². The second kappa shape index (κ2) is 4.73. The highest BCUT2D eigenvalue weighted by Crippen LogP contribution is 2.20. The largest absolute Gasteiger partial charge is 0.393 e. The van der Waals surface area contributed by atoms with Gasteiger partial charge >= 0.3 is 0 Å². The Balaban J connectivity index is 2.13. The maximum absolute atomic E-state index is 9.37. The summed E-state index contributed by atoms with van der Waals surface area (Å²) in [6, 6.07) is 0. The maximum atomic E-state index is 9.37. The van der Waals surface area contributed by atoms with E-state index in [2.05, 4.69) is 0 Å². The van der Waals surface area contributed by atoms with Crippen LogP contribution in [-0.2, 0) is 4.74 Å². The van der Waals surface area contributed by atoms with Gasteiger partial charge in [0, 0.05) is 13.2 Å². The summed E-state index contributed by atoms with van der Waals surface area (Å²) in [4.78, 5) is 0. The van der Waals surface area contributed by atoms with E-state index >= 15 is 0 Å². The molecule has 0 aromatic heterocycles. The summed E-state index contributed by atoms with van der Waals surface area (Å²) in [5.41, 5.74) is 0. The van der Waals surface area contributed by atoms with Crippen molar-refractivity contribution in [2.24, 2.45) is 5.92 Å². The first-order valence-electron chi connectivity index (χ1n) is 4.58. The molecule has 1 aliphatic heterocycles. The van der Waals surface area contributed by atoms with Gasteiger partial charge in [-0.25, -0.2) is 0 Å². The summed E-state index contributed by atoms with van der Waals surface area (Å²) in [6.45, 7) is 3.81. The Morgan fingerprint density at radius 3 is 2.64 bits per heavy atom. The third-order valence-electron chi connectivity index (χ3n) is 2.42. The number of hydrogen-bond acceptors (Lipinski definition) is 2. The molecule has 1 unspecified atom stereocenters. The van der Waals surface area contributed by atoms with Crippen LogP contribution < -0.4 is 0 Å². The lowest BCUT2D eigenvalue weighted by atomic mass is 9.93. The molecule has 11 heavy (non-hydrogen) atoms. The number of aliphatic hydroxyl groups is 1. The first-order valence-corrected chi connectivity index (χ1v) is 4.58. The van der Waals surface area contributed by atoms with Crippen LogP contribution in [0.25, 0.3) is 0 Å². The molecule has 0 spiro atoms. The Morgan fingerprint density at radius 2 is 2.09 bits per heavy atom. The minimum absolute atomic E-state index is 0.0851. The second-order valence-electron chi connectivity index (χ2n) is 3.35. The standard InChI is InChI=1S/C9H18O2/c1-2-9(10)7-8-3-5-11-6-4-8/h8-10H,2-7H2,1H3. The normalized spacial score (nSPS) is 23.5. The molecule has 1 fully saturated rings. The molecule has 66 valence electrons. The third kappa shape index (κ3) is 3.21. The molecular formula is C9H18O2. The van der Waals surface area contributed by atoms with Crippen LogP contribution in [0.3, 0.4) is 0 Å². The van der Waals surface area contributed by atoms with E-state index in [-0.39, 0.29) is 6.10 Å². The number of ether oxygens (including phenoxy) is 1. The van der Waals surface area contributed by atoms with E-state index in [1.54, 1.807) is 0 Å². The Bertz CT molecular complexity index is 97.7. The lowest BCUT2D eigenvalue weighted by Crippen LogP contribution is -2.20. The zero-order valence-electron chi connectivity index (χ0n) is 7.25. The van der Waals surface area contributed by atoms with Gasteiger partial charge in [0.05, 0.1) is 6.10 Å². The molecule has 0 aromatic rings. The molecule has 1 atom stereocenters. The van der Waals surface area contributed by atoms with Crippen LogP contribution in [-0.4, -0.2) is 24.4 Å². The van der Waals surface area contributed by atoms with E-state index in [0.29, 0.717) is 5.92 Å². The lowest BCUT2D eigenvalue weighted by Gasteiger charge is -2.23. The van der Waals surface area contributed by atoms with Crippen LogP contribution >= 0.6 is 0 Å². The summed E-state index contributed by atoms with van der Waals surface area (Å²) < 4.78 is 5.23. The molecule has 0 radical (unpaired) electrons. The van der Waals surface area contributed by atoms with Gasteiger partial charge in [0.25, 0.3) is 0 Å². The highest BCUT2D eigenvalue weighted by atomic mass is 16.5. The van der Waals surface area contributed by atoms with E-state index in [0.717, 1.165) is 38.9 Å². The van der Waals surface area contributed by atoms with Crippen molar-refractivity contribution in [3.05, 3.63) is 0 Å². The zero-order valence-corrected chi connectivity index (χ0v) is 7.25. The number of rotatable bonds is 3. The summed E-state index contributed by atoms with van der Waals surface area (Å²) >= 11 is 0. The predicted molar refractivity (Wildman–Crippen MR) is 44.5 cm³/mol. The molecule has 1 saturated heterocycles. The van der Waals surface area contributed by atoms with Gasteiger partial charge in [0.15, 0.2) is 0 Å². The van der Waals surface area contributed by atoms with E-state index in [4.69, 9.17) is 4.74 Å². The summed E-state index contributed by atoms with van der Waals surface area (Å²) in [7, 11) is 0. The number of hydrogen-bond donors (Lipinski definition) is 1. The van der Waals surface area contributed by atoms with Crippen LogP contribution in [0, 0.1) is 5.92 Å². The van der Waals surface area contributed by atoms with Gasteiger partial charge in [-0.2, -0.15) is 0 Å². The molecule has 2 nitrogen and oxygen atoms in total. The van der Waals surface area contributed by atoms with E-state index in [9.17, 15) is 5.11 Å². The van der Waals surface area contributed by atoms with Gasteiger partial charge in [0.2, 0.25) is 0 Å². The van der Waals surface area contributed by atoms with Crippen LogP contribution in [0.15, 0.2) is 0 Å². The molecule has 1 heterocycles. The third-order valence-corrected chi connectivity index (χ3v) is 2.42. The minimum Gasteiger partial charge on any atom is -0.393 e. The van der Waals surface area contributed by atoms with Crippen LogP contribution in [0.1, 0.15) is 32.6 Å². The molecule has 1 rings (SSSR count). The minimum atomic E-state index is -0.0851. The molecule has 2 heteroatoms. The number of aliphatic hydroxyl groups excluding tert-OH is 1. The predicted octanol–water partition coefficient (Wildman–Crippen LogP) is 1.57. The maximum Gasteiger partial charge on any atom is 0.0540 e.